The summed E-state index contributed by atoms with van der Waals surface area (Å²) in [5.74, 6) is 1.31. The third-order valence-corrected chi connectivity index (χ3v) is 2.79. The van der Waals surface area contributed by atoms with Crippen LogP contribution in [0.3, 0.4) is 0 Å². The molecule has 1 fully saturated rings. The summed E-state index contributed by atoms with van der Waals surface area (Å²) >= 11 is 0. The molecule has 1 aliphatic rings. The van der Waals surface area contributed by atoms with Crippen molar-refractivity contribution >= 4 is 11.9 Å². The van der Waals surface area contributed by atoms with Gasteiger partial charge >= 0.3 is 0 Å². The molecular weight excluding hydrogens is 206 g/mol. The number of nitrogens with zero attached hydrogens (tertiary/aromatic N) is 5. The minimum atomic E-state index is 0.150. The Labute approximate surface area is 95.0 Å². The Bertz CT molecular complexity index is 357. The summed E-state index contributed by atoms with van der Waals surface area (Å²) in [5, 5.41) is 9.25. The fourth-order valence-electron chi connectivity index (χ4n) is 1.92. The summed E-state index contributed by atoms with van der Waals surface area (Å²) in [6, 6.07) is 0.150. The molecule has 2 rings (SSSR count). The van der Waals surface area contributed by atoms with Gasteiger partial charge < -0.3 is 14.9 Å². The SMILES string of the molecule is CN(C)c1ncnc(N2CCCC2CO)n1. The van der Waals surface area contributed by atoms with Crippen LogP contribution in [0.2, 0.25) is 0 Å². The van der Waals surface area contributed by atoms with Crippen molar-refractivity contribution in [2.24, 2.45) is 0 Å². The molecule has 0 spiro atoms. The molecule has 1 saturated heterocycles. The second-order valence-corrected chi connectivity index (χ2v) is 4.15. The highest BCUT2D eigenvalue weighted by molar-refractivity contribution is 5.38. The number of rotatable bonds is 3. The fraction of sp³-hybridized carbons (Fsp3) is 0.700. The first-order valence-electron chi connectivity index (χ1n) is 5.46. The lowest BCUT2D eigenvalue weighted by atomic mass is 10.2. The van der Waals surface area contributed by atoms with Gasteiger partial charge in [0.1, 0.15) is 6.33 Å². The number of hydrogen-bond donors (Lipinski definition) is 1. The Morgan fingerprint density at radius 3 is 3.00 bits per heavy atom. The average Bonchev–Trinajstić information content (AvgIpc) is 2.77. The Kier molecular flexibility index (Phi) is 3.19. The van der Waals surface area contributed by atoms with Crippen molar-refractivity contribution in [3.05, 3.63) is 6.33 Å². The highest BCUT2D eigenvalue weighted by Crippen LogP contribution is 2.22. The van der Waals surface area contributed by atoms with E-state index in [9.17, 15) is 5.11 Å². The molecule has 1 unspecified atom stereocenters. The van der Waals surface area contributed by atoms with E-state index in [1.54, 1.807) is 0 Å². The Balaban J connectivity index is 2.22. The van der Waals surface area contributed by atoms with E-state index in [4.69, 9.17) is 0 Å². The third-order valence-electron chi connectivity index (χ3n) is 2.79. The maximum absolute atomic E-state index is 9.25. The molecule has 0 aliphatic carbocycles. The van der Waals surface area contributed by atoms with Gasteiger partial charge in [-0.3, -0.25) is 0 Å². The third kappa shape index (κ3) is 2.06. The van der Waals surface area contributed by atoms with Crippen LogP contribution in [-0.4, -0.2) is 53.3 Å². The molecule has 0 radical (unpaired) electrons. The van der Waals surface area contributed by atoms with E-state index < -0.39 is 0 Å². The zero-order valence-electron chi connectivity index (χ0n) is 9.67. The lowest BCUT2D eigenvalue weighted by molar-refractivity contribution is 0.265. The smallest absolute Gasteiger partial charge is 0.230 e. The number of aromatic nitrogens is 3. The van der Waals surface area contributed by atoms with E-state index >= 15 is 0 Å². The van der Waals surface area contributed by atoms with Crippen LogP contribution in [-0.2, 0) is 0 Å². The minimum Gasteiger partial charge on any atom is -0.394 e. The van der Waals surface area contributed by atoms with Crippen LogP contribution in [0.15, 0.2) is 6.33 Å². The lowest BCUT2D eigenvalue weighted by Crippen LogP contribution is -2.33. The predicted octanol–water partition coefficient (Wildman–Crippen LogP) is -0.101. The van der Waals surface area contributed by atoms with Crippen molar-refractivity contribution in [3.8, 4) is 0 Å². The van der Waals surface area contributed by atoms with Crippen molar-refractivity contribution in [2.45, 2.75) is 18.9 Å². The van der Waals surface area contributed by atoms with E-state index in [1.807, 2.05) is 19.0 Å². The molecule has 0 amide bonds. The van der Waals surface area contributed by atoms with Gasteiger partial charge in [-0.25, -0.2) is 9.97 Å². The zero-order chi connectivity index (χ0) is 11.5. The summed E-state index contributed by atoms with van der Waals surface area (Å²) < 4.78 is 0. The van der Waals surface area contributed by atoms with Crippen molar-refractivity contribution in [1.29, 1.82) is 0 Å². The second kappa shape index (κ2) is 4.61. The van der Waals surface area contributed by atoms with Crippen LogP contribution in [0.1, 0.15) is 12.8 Å². The molecule has 0 bridgehead atoms. The summed E-state index contributed by atoms with van der Waals surface area (Å²) in [5.41, 5.74) is 0. The number of aliphatic hydroxyl groups is 1. The first-order valence-corrected chi connectivity index (χ1v) is 5.46. The van der Waals surface area contributed by atoms with Gasteiger partial charge in [-0.15, -0.1) is 0 Å². The van der Waals surface area contributed by atoms with E-state index in [1.165, 1.54) is 6.33 Å². The van der Waals surface area contributed by atoms with Crippen LogP contribution >= 0.6 is 0 Å². The van der Waals surface area contributed by atoms with Gasteiger partial charge in [0.05, 0.1) is 12.6 Å². The van der Waals surface area contributed by atoms with Gasteiger partial charge in [0, 0.05) is 20.6 Å². The average molecular weight is 223 g/mol. The van der Waals surface area contributed by atoms with Crippen LogP contribution in [0, 0.1) is 0 Å². The summed E-state index contributed by atoms with van der Waals surface area (Å²) in [7, 11) is 3.79. The largest absolute Gasteiger partial charge is 0.394 e. The molecule has 0 aromatic carbocycles. The molecule has 0 saturated carbocycles. The van der Waals surface area contributed by atoms with Crippen LogP contribution < -0.4 is 9.80 Å². The normalized spacial score (nSPS) is 20.2. The Morgan fingerprint density at radius 1 is 1.50 bits per heavy atom. The molecule has 1 N–H and O–H groups in total. The molecule has 6 heteroatoms. The van der Waals surface area contributed by atoms with Gasteiger partial charge in [0.25, 0.3) is 0 Å². The van der Waals surface area contributed by atoms with Crippen LogP contribution in [0.4, 0.5) is 11.9 Å². The molecule has 1 aromatic rings. The van der Waals surface area contributed by atoms with Gasteiger partial charge in [0.2, 0.25) is 11.9 Å². The van der Waals surface area contributed by atoms with Crippen molar-refractivity contribution in [3.63, 3.8) is 0 Å². The highest BCUT2D eigenvalue weighted by Gasteiger charge is 2.26. The van der Waals surface area contributed by atoms with Crippen LogP contribution in [0.25, 0.3) is 0 Å². The molecule has 1 aliphatic heterocycles. The summed E-state index contributed by atoms with van der Waals surface area (Å²) in [6.45, 7) is 1.06. The maximum atomic E-state index is 9.25. The first kappa shape index (κ1) is 11.1. The quantitative estimate of drug-likeness (QED) is 0.772. The van der Waals surface area contributed by atoms with Gasteiger partial charge in [-0.05, 0) is 12.8 Å². The molecule has 6 nitrogen and oxygen atoms in total. The monoisotopic (exact) mass is 223 g/mol. The van der Waals surface area contributed by atoms with Crippen molar-refractivity contribution in [1.82, 2.24) is 15.0 Å². The molecule has 16 heavy (non-hydrogen) atoms. The lowest BCUT2D eigenvalue weighted by Gasteiger charge is -2.23. The fourth-order valence-corrected chi connectivity index (χ4v) is 1.92. The topological polar surface area (TPSA) is 65.4 Å². The Hall–Kier alpha value is -1.43. The molecule has 1 aromatic heterocycles. The van der Waals surface area contributed by atoms with Gasteiger partial charge in [-0.1, -0.05) is 0 Å². The van der Waals surface area contributed by atoms with Crippen molar-refractivity contribution < 1.29 is 5.11 Å². The second-order valence-electron chi connectivity index (χ2n) is 4.15. The molecule has 1 atom stereocenters. The zero-order valence-corrected chi connectivity index (χ0v) is 9.67. The number of hydrogen-bond acceptors (Lipinski definition) is 6. The molecular formula is C10H17N5O. The van der Waals surface area contributed by atoms with Gasteiger partial charge in [0.15, 0.2) is 0 Å². The first-order chi connectivity index (χ1) is 7.72. The van der Waals surface area contributed by atoms with Gasteiger partial charge in [-0.2, -0.15) is 4.98 Å². The maximum Gasteiger partial charge on any atom is 0.230 e. The van der Waals surface area contributed by atoms with Crippen molar-refractivity contribution in [2.75, 3.05) is 37.0 Å². The summed E-state index contributed by atoms with van der Waals surface area (Å²) in [6.07, 6.45) is 3.60. The standard InChI is InChI=1S/C10H17N5O/c1-14(2)9-11-7-12-10(13-9)15-5-3-4-8(15)6-16/h7-8,16H,3-6H2,1-2H3. The molecule has 88 valence electrons. The predicted molar refractivity (Wildman–Crippen MR) is 61.6 cm³/mol. The van der Waals surface area contributed by atoms with E-state index in [2.05, 4.69) is 19.9 Å². The number of aliphatic hydroxyl groups excluding tert-OH is 1. The Morgan fingerprint density at radius 2 is 2.31 bits per heavy atom. The minimum absolute atomic E-state index is 0.150. The van der Waals surface area contributed by atoms with Crippen LogP contribution in [0.5, 0.6) is 0 Å². The highest BCUT2D eigenvalue weighted by atomic mass is 16.3. The molecule has 2 heterocycles. The van der Waals surface area contributed by atoms with E-state index in [0.717, 1.165) is 19.4 Å². The number of anilines is 2. The van der Waals surface area contributed by atoms with E-state index in [-0.39, 0.29) is 12.6 Å². The summed E-state index contributed by atoms with van der Waals surface area (Å²) in [4.78, 5) is 16.5. The van der Waals surface area contributed by atoms with E-state index in [0.29, 0.717) is 11.9 Å².